The summed E-state index contributed by atoms with van der Waals surface area (Å²) >= 11 is 4.72. The summed E-state index contributed by atoms with van der Waals surface area (Å²) in [6.07, 6.45) is 1.60. The number of aromatic nitrogens is 1. The average molecular weight is 297 g/mol. The lowest BCUT2D eigenvalue weighted by Gasteiger charge is -2.05. The van der Waals surface area contributed by atoms with Gasteiger partial charge in [0.1, 0.15) is 5.82 Å². The van der Waals surface area contributed by atoms with Crippen molar-refractivity contribution in [3.63, 3.8) is 0 Å². The Morgan fingerprint density at radius 2 is 2.19 bits per heavy atom. The molecule has 0 atom stereocenters. The van der Waals surface area contributed by atoms with Crippen molar-refractivity contribution in [1.82, 2.24) is 4.98 Å². The number of carbonyl (C=O) groups is 1. The van der Waals surface area contributed by atoms with Gasteiger partial charge in [0.15, 0.2) is 0 Å². The second-order valence-corrected chi connectivity index (χ2v) is 5.78. The van der Waals surface area contributed by atoms with Crippen LogP contribution in [-0.2, 0) is 0 Å². The highest BCUT2D eigenvalue weighted by Crippen LogP contribution is 2.26. The Hall–Kier alpha value is -1.20. The summed E-state index contributed by atoms with van der Waals surface area (Å²) in [6.45, 7) is 1.86. The summed E-state index contributed by atoms with van der Waals surface area (Å²) in [4.78, 5) is 16.8. The molecule has 0 unspecified atom stereocenters. The number of nitrogen functional groups attached to an aromatic ring is 1. The van der Waals surface area contributed by atoms with Gasteiger partial charge < -0.3 is 5.73 Å². The number of halogens is 1. The summed E-state index contributed by atoms with van der Waals surface area (Å²) in [6, 6.07) is 5.41. The number of hydrogen-bond donors (Lipinski definition) is 1. The number of anilines is 1. The van der Waals surface area contributed by atoms with Crippen LogP contribution >= 0.6 is 27.3 Å². The summed E-state index contributed by atoms with van der Waals surface area (Å²) < 4.78 is 0.927. The molecule has 0 saturated carbocycles. The van der Waals surface area contributed by atoms with Crippen LogP contribution in [0.15, 0.2) is 28.2 Å². The van der Waals surface area contributed by atoms with Gasteiger partial charge in [0, 0.05) is 6.20 Å². The first-order chi connectivity index (χ1) is 7.59. The van der Waals surface area contributed by atoms with Crippen molar-refractivity contribution >= 4 is 38.9 Å². The molecule has 2 N–H and O–H groups in total. The molecule has 0 aliphatic heterocycles. The van der Waals surface area contributed by atoms with E-state index in [4.69, 9.17) is 5.73 Å². The molecule has 2 aromatic heterocycles. The van der Waals surface area contributed by atoms with Crippen LogP contribution in [0, 0.1) is 6.92 Å². The van der Waals surface area contributed by atoms with E-state index in [1.165, 1.54) is 11.3 Å². The van der Waals surface area contributed by atoms with Gasteiger partial charge in [0.05, 0.1) is 14.2 Å². The lowest BCUT2D eigenvalue weighted by atomic mass is 10.1. The van der Waals surface area contributed by atoms with Gasteiger partial charge in [-0.15, -0.1) is 11.3 Å². The maximum absolute atomic E-state index is 12.2. The number of hydrogen-bond acceptors (Lipinski definition) is 4. The van der Waals surface area contributed by atoms with Crippen LogP contribution in [0.4, 0.5) is 5.82 Å². The molecule has 0 radical (unpaired) electrons. The van der Waals surface area contributed by atoms with Crippen molar-refractivity contribution in [3.8, 4) is 0 Å². The van der Waals surface area contributed by atoms with Gasteiger partial charge in [-0.05, 0) is 46.6 Å². The number of nitrogens with two attached hydrogens (primary N) is 1. The van der Waals surface area contributed by atoms with Crippen LogP contribution in [0.5, 0.6) is 0 Å². The molecule has 0 amide bonds. The molecule has 16 heavy (non-hydrogen) atoms. The van der Waals surface area contributed by atoms with Gasteiger partial charge in [0.2, 0.25) is 5.78 Å². The molecular formula is C11H9BrN2OS. The maximum Gasteiger partial charge on any atom is 0.206 e. The first-order valence-electron chi connectivity index (χ1n) is 4.60. The number of nitrogens with zero attached hydrogens (tertiary/aromatic N) is 1. The molecule has 5 heteroatoms. The molecule has 0 aromatic carbocycles. The molecule has 82 valence electrons. The highest BCUT2D eigenvalue weighted by atomic mass is 79.9. The van der Waals surface area contributed by atoms with Crippen molar-refractivity contribution in [2.45, 2.75) is 6.92 Å². The minimum Gasteiger partial charge on any atom is -0.383 e. The van der Waals surface area contributed by atoms with E-state index in [0.717, 1.165) is 9.35 Å². The van der Waals surface area contributed by atoms with Crippen molar-refractivity contribution in [2.75, 3.05) is 5.73 Å². The topological polar surface area (TPSA) is 56.0 Å². The minimum atomic E-state index is -0.0706. The maximum atomic E-state index is 12.2. The van der Waals surface area contributed by atoms with Crippen molar-refractivity contribution in [1.29, 1.82) is 0 Å². The van der Waals surface area contributed by atoms with E-state index in [9.17, 15) is 4.79 Å². The Morgan fingerprint density at radius 3 is 2.75 bits per heavy atom. The highest BCUT2D eigenvalue weighted by Gasteiger charge is 2.17. The Kier molecular flexibility index (Phi) is 3.07. The quantitative estimate of drug-likeness (QED) is 0.867. The molecule has 2 aromatic rings. The molecule has 0 bridgehead atoms. The number of rotatable bonds is 2. The zero-order valence-corrected chi connectivity index (χ0v) is 10.9. The molecule has 2 rings (SSSR count). The molecule has 0 fully saturated rings. The Labute approximate surface area is 105 Å². The van der Waals surface area contributed by atoms with E-state index >= 15 is 0 Å². The van der Waals surface area contributed by atoms with Gasteiger partial charge in [0.25, 0.3) is 0 Å². The zero-order valence-electron chi connectivity index (χ0n) is 8.53. The van der Waals surface area contributed by atoms with E-state index < -0.39 is 0 Å². The van der Waals surface area contributed by atoms with Crippen LogP contribution in [0.1, 0.15) is 20.8 Å². The molecule has 0 aliphatic carbocycles. The molecule has 0 saturated heterocycles. The monoisotopic (exact) mass is 296 g/mol. The Morgan fingerprint density at radius 1 is 1.44 bits per heavy atom. The van der Waals surface area contributed by atoms with E-state index in [2.05, 4.69) is 20.9 Å². The predicted molar refractivity (Wildman–Crippen MR) is 68.8 cm³/mol. The van der Waals surface area contributed by atoms with Crippen LogP contribution in [0.3, 0.4) is 0 Å². The smallest absolute Gasteiger partial charge is 0.206 e. The number of thiophene rings is 1. The third-order valence-corrected chi connectivity index (χ3v) is 3.84. The largest absolute Gasteiger partial charge is 0.383 e. The second kappa shape index (κ2) is 4.35. The van der Waals surface area contributed by atoms with Gasteiger partial charge in [-0.2, -0.15) is 0 Å². The SMILES string of the molecule is Cc1ccnc(N)c1C(=O)c1ccc(Br)s1. The predicted octanol–water partition coefficient (Wildman–Crippen LogP) is 3.03. The van der Waals surface area contributed by atoms with Crippen molar-refractivity contribution in [3.05, 3.63) is 44.2 Å². The number of ketones is 1. The van der Waals surface area contributed by atoms with Crippen LogP contribution in [-0.4, -0.2) is 10.8 Å². The first kappa shape index (κ1) is 11.3. The van der Waals surface area contributed by atoms with E-state index in [1.807, 2.05) is 13.0 Å². The Bertz CT molecular complexity index is 530. The average Bonchev–Trinajstić information content (AvgIpc) is 2.64. The third kappa shape index (κ3) is 2.01. The molecule has 2 heterocycles. The van der Waals surface area contributed by atoms with Gasteiger partial charge >= 0.3 is 0 Å². The van der Waals surface area contributed by atoms with Crippen LogP contribution in [0.25, 0.3) is 0 Å². The fourth-order valence-corrected chi connectivity index (χ4v) is 2.77. The molecule has 0 aliphatic rings. The number of aryl methyl sites for hydroxylation is 1. The molecule has 0 spiro atoms. The standard InChI is InChI=1S/C11H9BrN2OS/c1-6-4-5-14-11(13)9(6)10(15)7-2-3-8(12)16-7/h2-5H,1H3,(H2,13,14). The zero-order chi connectivity index (χ0) is 11.7. The van der Waals surface area contributed by atoms with Gasteiger partial charge in [-0.3, -0.25) is 4.79 Å². The van der Waals surface area contributed by atoms with Crippen LogP contribution < -0.4 is 5.73 Å². The lowest BCUT2D eigenvalue weighted by Crippen LogP contribution is -2.07. The lowest BCUT2D eigenvalue weighted by molar-refractivity contribution is 0.104. The van der Waals surface area contributed by atoms with Gasteiger partial charge in [-0.25, -0.2) is 4.98 Å². The minimum absolute atomic E-state index is 0.0706. The van der Waals surface area contributed by atoms with Crippen molar-refractivity contribution in [2.24, 2.45) is 0 Å². The summed E-state index contributed by atoms with van der Waals surface area (Å²) in [5.41, 5.74) is 7.07. The normalized spacial score (nSPS) is 10.4. The first-order valence-corrected chi connectivity index (χ1v) is 6.21. The summed E-state index contributed by atoms with van der Waals surface area (Å²) in [7, 11) is 0. The fraction of sp³-hybridized carbons (Fsp3) is 0.0909. The summed E-state index contributed by atoms with van der Waals surface area (Å²) in [5.74, 6) is 0.216. The molecule has 3 nitrogen and oxygen atoms in total. The van der Waals surface area contributed by atoms with Crippen molar-refractivity contribution < 1.29 is 4.79 Å². The van der Waals surface area contributed by atoms with Crippen LogP contribution in [0.2, 0.25) is 0 Å². The second-order valence-electron chi connectivity index (χ2n) is 3.32. The van der Waals surface area contributed by atoms with Gasteiger partial charge in [-0.1, -0.05) is 0 Å². The Balaban J connectivity index is 2.49. The summed E-state index contributed by atoms with van der Waals surface area (Å²) in [5, 5.41) is 0. The number of carbonyl (C=O) groups excluding carboxylic acids is 1. The fourth-order valence-electron chi connectivity index (χ4n) is 1.43. The number of pyridine rings is 1. The highest BCUT2D eigenvalue weighted by molar-refractivity contribution is 9.11. The third-order valence-electron chi connectivity index (χ3n) is 2.21. The van der Waals surface area contributed by atoms with E-state index in [0.29, 0.717) is 10.4 Å². The van der Waals surface area contributed by atoms with E-state index in [1.54, 1.807) is 18.3 Å². The molecular weight excluding hydrogens is 288 g/mol. The van der Waals surface area contributed by atoms with E-state index in [-0.39, 0.29) is 11.6 Å².